The highest BCUT2D eigenvalue weighted by Gasteiger charge is 2.23. The standard InChI is InChI=1S/C18H19FN2O2/c1-13-9-14(11-20-10-13)3-8-17(22)21-12-18(2,23)15-4-6-16(19)7-5-15/h3-11,23H,12H2,1-2H3,(H,21,22)/b8-3+. The Hall–Kier alpha value is -2.53. The molecule has 2 aromatic rings. The molecule has 0 saturated carbocycles. The van der Waals surface area contributed by atoms with Crippen LogP contribution in [0.2, 0.25) is 0 Å². The minimum Gasteiger partial charge on any atom is -0.384 e. The molecular formula is C18H19FN2O2. The molecule has 2 N–H and O–H groups in total. The summed E-state index contributed by atoms with van der Waals surface area (Å²) in [7, 11) is 0. The molecule has 1 heterocycles. The Labute approximate surface area is 134 Å². The van der Waals surface area contributed by atoms with Gasteiger partial charge in [0, 0.05) is 18.5 Å². The van der Waals surface area contributed by atoms with Crippen LogP contribution in [0.15, 0.2) is 48.8 Å². The maximum absolute atomic E-state index is 12.9. The molecule has 0 spiro atoms. The molecule has 0 fully saturated rings. The minimum atomic E-state index is -1.28. The summed E-state index contributed by atoms with van der Waals surface area (Å²) in [6.45, 7) is 3.51. The number of halogens is 1. The first-order valence-corrected chi connectivity index (χ1v) is 7.23. The number of hydrogen-bond donors (Lipinski definition) is 2. The van der Waals surface area contributed by atoms with Crippen LogP contribution in [0.5, 0.6) is 0 Å². The van der Waals surface area contributed by atoms with E-state index in [2.05, 4.69) is 10.3 Å². The van der Waals surface area contributed by atoms with Crippen LogP contribution in [0.4, 0.5) is 4.39 Å². The van der Waals surface area contributed by atoms with Crippen LogP contribution in [0.3, 0.4) is 0 Å². The van der Waals surface area contributed by atoms with Crippen molar-refractivity contribution in [3.05, 3.63) is 71.3 Å². The van der Waals surface area contributed by atoms with Crippen molar-refractivity contribution in [2.75, 3.05) is 6.54 Å². The lowest BCUT2D eigenvalue weighted by Gasteiger charge is -2.23. The highest BCUT2D eigenvalue weighted by Crippen LogP contribution is 2.19. The first kappa shape index (κ1) is 16.8. The van der Waals surface area contributed by atoms with Gasteiger partial charge in [-0.15, -0.1) is 0 Å². The number of nitrogens with zero attached hydrogens (tertiary/aromatic N) is 1. The zero-order valence-corrected chi connectivity index (χ0v) is 13.1. The second-order valence-corrected chi connectivity index (χ2v) is 5.63. The van der Waals surface area contributed by atoms with E-state index in [1.165, 1.54) is 30.3 Å². The lowest BCUT2D eigenvalue weighted by Crippen LogP contribution is -2.37. The van der Waals surface area contributed by atoms with Gasteiger partial charge in [-0.3, -0.25) is 9.78 Å². The molecule has 1 aromatic carbocycles. The number of pyridine rings is 1. The van der Waals surface area contributed by atoms with E-state index in [0.717, 1.165) is 11.1 Å². The van der Waals surface area contributed by atoms with Crippen molar-refractivity contribution in [1.29, 1.82) is 0 Å². The molecule has 23 heavy (non-hydrogen) atoms. The van der Waals surface area contributed by atoms with Crippen LogP contribution in [-0.4, -0.2) is 22.5 Å². The molecule has 0 aliphatic rings. The van der Waals surface area contributed by atoms with Gasteiger partial charge in [0.25, 0.3) is 0 Å². The lowest BCUT2D eigenvalue weighted by molar-refractivity contribution is -0.117. The fourth-order valence-electron chi connectivity index (χ4n) is 2.07. The van der Waals surface area contributed by atoms with E-state index in [4.69, 9.17) is 0 Å². The summed E-state index contributed by atoms with van der Waals surface area (Å²) in [6, 6.07) is 7.45. The highest BCUT2D eigenvalue weighted by molar-refractivity contribution is 5.91. The van der Waals surface area contributed by atoms with Gasteiger partial charge < -0.3 is 10.4 Å². The molecule has 4 nitrogen and oxygen atoms in total. The third-order valence-electron chi connectivity index (χ3n) is 3.40. The van der Waals surface area contributed by atoms with E-state index in [9.17, 15) is 14.3 Å². The van der Waals surface area contributed by atoms with Crippen LogP contribution in [0.1, 0.15) is 23.6 Å². The molecule has 120 valence electrons. The monoisotopic (exact) mass is 314 g/mol. The van der Waals surface area contributed by atoms with E-state index < -0.39 is 5.60 Å². The second-order valence-electron chi connectivity index (χ2n) is 5.63. The van der Waals surface area contributed by atoms with Gasteiger partial charge in [0.15, 0.2) is 0 Å². The minimum absolute atomic E-state index is 0.0217. The molecule has 2 rings (SSSR count). The maximum Gasteiger partial charge on any atom is 0.244 e. The number of carbonyl (C=O) groups is 1. The fourth-order valence-corrected chi connectivity index (χ4v) is 2.07. The smallest absolute Gasteiger partial charge is 0.244 e. The summed E-state index contributed by atoms with van der Waals surface area (Å²) in [5.74, 6) is -0.697. The molecule has 0 aliphatic carbocycles. The van der Waals surface area contributed by atoms with Crippen LogP contribution < -0.4 is 5.32 Å². The number of benzene rings is 1. The third kappa shape index (κ3) is 5.00. The predicted molar refractivity (Wildman–Crippen MR) is 87.0 cm³/mol. The van der Waals surface area contributed by atoms with Crippen molar-refractivity contribution in [2.45, 2.75) is 19.4 Å². The molecule has 1 amide bonds. The first-order valence-electron chi connectivity index (χ1n) is 7.23. The van der Waals surface area contributed by atoms with Crippen molar-refractivity contribution in [3.8, 4) is 0 Å². The summed E-state index contributed by atoms with van der Waals surface area (Å²) in [5, 5.41) is 13.0. The van der Waals surface area contributed by atoms with Gasteiger partial charge in [0.1, 0.15) is 11.4 Å². The van der Waals surface area contributed by atoms with E-state index in [1.54, 1.807) is 25.4 Å². The van der Waals surface area contributed by atoms with Gasteiger partial charge in [0.05, 0.1) is 6.54 Å². The van der Waals surface area contributed by atoms with E-state index in [1.807, 2.05) is 13.0 Å². The normalized spacial score (nSPS) is 13.7. The quantitative estimate of drug-likeness (QED) is 0.834. The first-order chi connectivity index (χ1) is 10.9. The lowest BCUT2D eigenvalue weighted by atomic mass is 9.96. The van der Waals surface area contributed by atoms with Crippen molar-refractivity contribution in [1.82, 2.24) is 10.3 Å². The van der Waals surface area contributed by atoms with Gasteiger partial charge >= 0.3 is 0 Å². The number of aromatic nitrogens is 1. The average Bonchev–Trinajstić information content (AvgIpc) is 2.51. The molecule has 5 heteroatoms. The Morgan fingerprint density at radius 3 is 2.70 bits per heavy atom. The number of hydrogen-bond acceptors (Lipinski definition) is 3. The molecule has 0 saturated heterocycles. The van der Waals surface area contributed by atoms with E-state index in [-0.39, 0.29) is 18.3 Å². The number of aryl methyl sites for hydroxylation is 1. The maximum atomic E-state index is 12.9. The van der Waals surface area contributed by atoms with Gasteiger partial charge in [-0.1, -0.05) is 12.1 Å². The van der Waals surface area contributed by atoms with Crippen molar-refractivity contribution in [3.63, 3.8) is 0 Å². The van der Waals surface area contributed by atoms with Crippen LogP contribution >= 0.6 is 0 Å². The Kier molecular flexibility index (Phi) is 5.24. The summed E-state index contributed by atoms with van der Waals surface area (Å²) in [4.78, 5) is 15.9. The molecule has 0 radical (unpaired) electrons. The van der Waals surface area contributed by atoms with Crippen LogP contribution in [-0.2, 0) is 10.4 Å². The Bertz CT molecular complexity index is 709. The van der Waals surface area contributed by atoms with Crippen LogP contribution in [0.25, 0.3) is 6.08 Å². The molecule has 1 unspecified atom stereocenters. The SMILES string of the molecule is Cc1cncc(/C=C/C(=O)NCC(C)(O)c2ccc(F)cc2)c1. The van der Waals surface area contributed by atoms with Crippen molar-refractivity contribution < 1.29 is 14.3 Å². The van der Waals surface area contributed by atoms with E-state index >= 15 is 0 Å². The zero-order chi connectivity index (χ0) is 16.9. The van der Waals surface area contributed by atoms with Gasteiger partial charge in [0.2, 0.25) is 5.91 Å². The van der Waals surface area contributed by atoms with Gasteiger partial charge in [-0.2, -0.15) is 0 Å². The Morgan fingerprint density at radius 1 is 1.35 bits per heavy atom. The summed E-state index contributed by atoms with van der Waals surface area (Å²) < 4.78 is 12.9. The molecular weight excluding hydrogens is 295 g/mol. The topological polar surface area (TPSA) is 62.2 Å². The molecule has 0 aliphatic heterocycles. The van der Waals surface area contributed by atoms with Gasteiger partial charge in [-0.25, -0.2) is 4.39 Å². The van der Waals surface area contributed by atoms with Crippen molar-refractivity contribution >= 4 is 12.0 Å². The summed E-state index contributed by atoms with van der Waals surface area (Å²) in [5.41, 5.74) is 1.09. The number of aliphatic hydroxyl groups is 1. The summed E-state index contributed by atoms with van der Waals surface area (Å²) >= 11 is 0. The molecule has 0 bridgehead atoms. The number of rotatable bonds is 5. The summed E-state index contributed by atoms with van der Waals surface area (Å²) in [6.07, 6.45) is 6.43. The molecule has 1 aromatic heterocycles. The van der Waals surface area contributed by atoms with E-state index in [0.29, 0.717) is 5.56 Å². The van der Waals surface area contributed by atoms with Crippen LogP contribution in [0, 0.1) is 12.7 Å². The predicted octanol–water partition coefficient (Wildman–Crippen LogP) is 2.57. The number of amides is 1. The molecule has 1 atom stereocenters. The third-order valence-corrected chi connectivity index (χ3v) is 3.40. The fraction of sp³-hybridized carbons (Fsp3) is 0.222. The Morgan fingerprint density at radius 2 is 2.04 bits per heavy atom. The Balaban J connectivity index is 1.94. The number of carbonyl (C=O) groups excluding carboxylic acids is 1. The zero-order valence-electron chi connectivity index (χ0n) is 13.1. The second kappa shape index (κ2) is 7.15. The van der Waals surface area contributed by atoms with Gasteiger partial charge in [-0.05, 0) is 54.8 Å². The number of nitrogens with one attached hydrogen (secondary N) is 1. The largest absolute Gasteiger partial charge is 0.384 e. The van der Waals surface area contributed by atoms with Crippen molar-refractivity contribution in [2.24, 2.45) is 0 Å². The highest BCUT2D eigenvalue weighted by atomic mass is 19.1. The average molecular weight is 314 g/mol.